The van der Waals surface area contributed by atoms with E-state index in [9.17, 15) is 15.2 Å². The number of aromatic hydroxyl groups is 1. The molecule has 23 heavy (non-hydrogen) atoms. The van der Waals surface area contributed by atoms with E-state index >= 15 is 0 Å². The molecular weight excluding hydrogens is 322 g/mol. The van der Waals surface area contributed by atoms with Crippen molar-refractivity contribution in [3.05, 3.63) is 56.9 Å². The Morgan fingerprint density at radius 1 is 1.39 bits per heavy atom. The van der Waals surface area contributed by atoms with Crippen LogP contribution in [0.15, 0.2) is 39.7 Å². The Bertz CT molecular complexity index is 949. The molecule has 0 saturated heterocycles. The molecule has 0 aliphatic heterocycles. The second-order valence-corrected chi connectivity index (χ2v) is 5.20. The number of phenolic OH excluding ortho intramolecular Hbond substituents is 1. The van der Waals surface area contributed by atoms with Gasteiger partial charge >= 0.3 is 5.69 Å². The normalized spacial score (nSPS) is 11.4. The molecule has 0 amide bonds. The van der Waals surface area contributed by atoms with E-state index < -0.39 is 16.4 Å². The van der Waals surface area contributed by atoms with Crippen molar-refractivity contribution in [3.8, 4) is 5.75 Å². The summed E-state index contributed by atoms with van der Waals surface area (Å²) in [6.07, 6.45) is 1.31. The Balaban J connectivity index is 1.99. The molecule has 0 saturated carbocycles. The third-order valence-electron chi connectivity index (χ3n) is 3.11. The smallest absolute Gasteiger partial charge is 0.312 e. The number of benzene rings is 2. The molecule has 0 fully saturated rings. The van der Waals surface area contributed by atoms with E-state index in [1.54, 1.807) is 25.1 Å². The van der Waals surface area contributed by atoms with Crippen LogP contribution in [-0.4, -0.2) is 21.2 Å². The van der Waals surface area contributed by atoms with Gasteiger partial charge in [-0.25, -0.2) is 4.98 Å². The average Bonchev–Trinajstić information content (AvgIpc) is 2.86. The summed E-state index contributed by atoms with van der Waals surface area (Å²) >= 11 is 5.83. The number of oxazole rings is 1. The van der Waals surface area contributed by atoms with Gasteiger partial charge in [0.1, 0.15) is 5.52 Å². The van der Waals surface area contributed by atoms with Crippen molar-refractivity contribution in [1.29, 1.82) is 0 Å². The van der Waals surface area contributed by atoms with Crippen LogP contribution in [0, 0.1) is 17.0 Å². The second kappa shape index (κ2) is 5.69. The van der Waals surface area contributed by atoms with Gasteiger partial charge in [-0.05, 0) is 24.3 Å². The molecule has 0 radical (unpaired) electrons. The van der Waals surface area contributed by atoms with E-state index in [0.29, 0.717) is 22.7 Å². The summed E-state index contributed by atoms with van der Waals surface area (Å²) in [5, 5.41) is 20.9. The Hall–Kier alpha value is -2.93. The first kappa shape index (κ1) is 15.0. The summed E-state index contributed by atoms with van der Waals surface area (Å²) < 4.78 is 5.37. The Morgan fingerprint density at radius 3 is 2.91 bits per heavy atom. The zero-order chi connectivity index (χ0) is 16.6. The average molecular weight is 332 g/mol. The van der Waals surface area contributed by atoms with Gasteiger partial charge in [0.15, 0.2) is 11.5 Å². The van der Waals surface area contributed by atoms with Crippen molar-refractivity contribution in [2.75, 3.05) is 0 Å². The van der Waals surface area contributed by atoms with Gasteiger partial charge in [0, 0.05) is 29.8 Å². The second-order valence-electron chi connectivity index (χ2n) is 4.76. The van der Waals surface area contributed by atoms with Crippen LogP contribution in [-0.2, 0) is 0 Å². The maximum atomic E-state index is 10.9. The third kappa shape index (κ3) is 3.00. The molecule has 0 aliphatic carbocycles. The monoisotopic (exact) mass is 331 g/mol. The van der Waals surface area contributed by atoms with Crippen LogP contribution in [0.2, 0.25) is 5.02 Å². The van der Waals surface area contributed by atoms with E-state index in [1.807, 2.05) is 0 Å². The van der Waals surface area contributed by atoms with E-state index in [2.05, 4.69) is 9.98 Å². The zero-order valence-corrected chi connectivity index (χ0v) is 12.6. The van der Waals surface area contributed by atoms with E-state index in [0.717, 1.165) is 6.07 Å². The van der Waals surface area contributed by atoms with Gasteiger partial charge in [-0.3, -0.25) is 15.1 Å². The highest BCUT2D eigenvalue weighted by Gasteiger charge is 2.17. The molecule has 116 valence electrons. The number of aliphatic imine (C=N–C) groups is 1. The van der Waals surface area contributed by atoms with Gasteiger partial charge in [-0.15, -0.1) is 0 Å². The van der Waals surface area contributed by atoms with Crippen LogP contribution >= 0.6 is 11.6 Å². The minimum absolute atomic E-state index is 0.138. The molecule has 0 spiro atoms. The molecule has 1 aromatic heterocycles. The molecule has 0 atom stereocenters. The van der Waals surface area contributed by atoms with Gasteiger partial charge in [0.2, 0.25) is 5.75 Å². The number of aryl methyl sites for hydroxylation is 1. The molecule has 1 N–H and O–H groups in total. The SMILES string of the molecule is Cc1nc2cc(N=Cc3cc(Cl)cc([N+](=O)[O-])c3O)ccc2o1. The fourth-order valence-corrected chi connectivity index (χ4v) is 2.32. The van der Waals surface area contributed by atoms with Crippen LogP contribution in [0.25, 0.3) is 11.1 Å². The molecular formula is C15H10ClN3O4. The number of fused-ring (bicyclic) bond motifs is 1. The molecule has 7 nitrogen and oxygen atoms in total. The molecule has 1 heterocycles. The number of aromatic nitrogens is 1. The zero-order valence-electron chi connectivity index (χ0n) is 11.9. The Morgan fingerprint density at radius 2 is 2.17 bits per heavy atom. The molecule has 3 rings (SSSR count). The van der Waals surface area contributed by atoms with Gasteiger partial charge in [-0.1, -0.05) is 11.6 Å². The van der Waals surface area contributed by atoms with Crippen molar-refractivity contribution in [1.82, 2.24) is 4.98 Å². The molecule has 0 bridgehead atoms. The first-order valence-corrected chi connectivity index (χ1v) is 6.90. The topological polar surface area (TPSA) is 102 Å². The predicted octanol–water partition coefficient (Wildman–Crippen LogP) is 4.15. The van der Waals surface area contributed by atoms with Gasteiger partial charge in [-0.2, -0.15) is 0 Å². The van der Waals surface area contributed by atoms with E-state index in [-0.39, 0.29) is 10.6 Å². The standard InChI is InChI=1S/C15H10ClN3O4/c1-8-18-12-6-11(2-3-14(12)23-8)17-7-9-4-10(16)5-13(15(9)20)19(21)22/h2-7,20H,1H3. The Labute approximate surface area is 135 Å². The summed E-state index contributed by atoms with van der Waals surface area (Å²) in [5.41, 5.74) is 1.54. The third-order valence-corrected chi connectivity index (χ3v) is 3.33. The molecule has 3 aromatic rings. The van der Waals surface area contributed by atoms with Crippen LogP contribution in [0.5, 0.6) is 5.75 Å². The summed E-state index contributed by atoms with van der Waals surface area (Å²) in [7, 11) is 0. The van der Waals surface area contributed by atoms with Crippen LogP contribution < -0.4 is 0 Å². The van der Waals surface area contributed by atoms with Crippen molar-refractivity contribution >= 4 is 40.3 Å². The number of hydrogen-bond donors (Lipinski definition) is 1. The number of nitrogens with zero attached hydrogens (tertiary/aromatic N) is 3. The van der Waals surface area contributed by atoms with Crippen molar-refractivity contribution in [2.24, 2.45) is 4.99 Å². The number of halogens is 1. The molecule has 2 aromatic carbocycles. The summed E-state index contributed by atoms with van der Waals surface area (Å²) in [4.78, 5) is 18.6. The van der Waals surface area contributed by atoms with Crippen molar-refractivity contribution in [2.45, 2.75) is 6.92 Å². The number of nitro benzene ring substituents is 1. The predicted molar refractivity (Wildman–Crippen MR) is 85.8 cm³/mol. The maximum absolute atomic E-state index is 10.9. The highest BCUT2D eigenvalue weighted by atomic mass is 35.5. The fraction of sp³-hybridized carbons (Fsp3) is 0.0667. The lowest BCUT2D eigenvalue weighted by molar-refractivity contribution is -0.385. The quantitative estimate of drug-likeness (QED) is 0.441. The first-order valence-electron chi connectivity index (χ1n) is 6.52. The van der Waals surface area contributed by atoms with Crippen LogP contribution in [0.3, 0.4) is 0 Å². The largest absolute Gasteiger partial charge is 0.502 e. The maximum Gasteiger partial charge on any atom is 0.312 e. The van der Waals surface area contributed by atoms with Crippen LogP contribution in [0.4, 0.5) is 11.4 Å². The minimum Gasteiger partial charge on any atom is -0.502 e. The van der Waals surface area contributed by atoms with Gasteiger partial charge in [0.05, 0.1) is 10.6 Å². The fourth-order valence-electron chi connectivity index (χ4n) is 2.10. The van der Waals surface area contributed by atoms with Crippen LogP contribution in [0.1, 0.15) is 11.5 Å². The number of nitro groups is 1. The molecule has 0 aliphatic rings. The summed E-state index contributed by atoms with van der Waals surface area (Å²) in [5.74, 6) is 0.0609. The first-order chi connectivity index (χ1) is 10.9. The highest BCUT2D eigenvalue weighted by molar-refractivity contribution is 6.31. The summed E-state index contributed by atoms with van der Waals surface area (Å²) in [6.45, 7) is 1.74. The number of hydrogen-bond acceptors (Lipinski definition) is 6. The van der Waals surface area contributed by atoms with Crippen molar-refractivity contribution in [3.63, 3.8) is 0 Å². The highest BCUT2D eigenvalue weighted by Crippen LogP contribution is 2.32. The lowest BCUT2D eigenvalue weighted by Crippen LogP contribution is -1.92. The van der Waals surface area contributed by atoms with E-state index in [1.165, 1.54) is 12.3 Å². The number of phenols is 1. The Kier molecular flexibility index (Phi) is 3.71. The number of rotatable bonds is 3. The minimum atomic E-state index is -0.706. The summed E-state index contributed by atoms with van der Waals surface area (Å²) in [6, 6.07) is 7.62. The van der Waals surface area contributed by atoms with Gasteiger partial charge < -0.3 is 9.52 Å². The van der Waals surface area contributed by atoms with E-state index in [4.69, 9.17) is 16.0 Å². The van der Waals surface area contributed by atoms with Crippen molar-refractivity contribution < 1.29 is 14.4 Å². The lowest BCUT2D eigenvalue weighted by atomic mass is 10.2. The molecule has 0 unspecified atom stereocenters. The lowest BCUT2D eigenvalue weighted by Gasteiger charge is -2.01. The molecule has 8 heteroatoms. The van der Waals surface area contributed by atoms with Gasteiger partial charge in [0.25, 0.3) is 0 Å².